The first-order valence-corrected chi connectivity index (χ1v) is 8.29. The molecule has 3 rings (SSSR count). The van der Waals surface area contributed by atoms with Crippen molar-refractivity contribution < 1.29 is 9.90 Å². The number of rotatable bonds is 5. The Morgan fingerprint density at radius 2 is 2.00 bits per heavy atom. The summed E-state index contributed by atoms with van der Waals surface area (Å²) in [5, 5.41) is 8.85. The van der Waals surface area contributed by atoms with E-state index in [4.69, 9.17) is 5.11 Å². The number of carboxylic acid groups (broad SMARTS) is 1. The highest BCUT2D eigenvalue weighted by atomic mass is 16.4. The van der Waals surface area contributed by atoms with Gasteiger partial charge in [0.1, 0.15) is 0 Å². The monoisotopic (exact) mass is 326 g/mol. The Bertz CT molecular complexity index is 727. The van der Waals surface area contributed by atoms with Gasteiger partial charge in [0.15, 0.2) is 0 Å². The van der Waals surface area contributed by atoms with Crippen molar-refractivity contribution in [2.75, 3.05) is 11.4 Å². The maximum absolute atomic E-state index is 10.8. The van der Waals surface area contributed by atoms with Gasteiger partial charge < -0.3 is 10.0 Å². The summed E-state index contributed by atoms with van der Waals surface area (Å²) in [4.78, 5) is 26.8. The van der Waals surface area contributed by atoms with Gasteiger partial charge in [-0.2, -0.15) is 0 Å². The smallest absolute Gasteiger partial charge is 0.303 e. The minimum Gasteiger partial charge on any atom is -0.481 e. The molecule has 2 aromatic heterocycles. The van der Waals surface area contributed by atoms with Crippen molar-refractivity contribution in [1.29, 1.82) is 0 Å². The second kappa shape index (κ2) is 6.95. The van der Waals surface area contributed by atoms with E-state index in [1.807, 2.05) is 38.1 Å². The fraction of sp³-hybridized carbons (Fsp3) is 0.444. The third-order valence-electron chi connectivity index (χ3n) is 4.24. The van der Waals surface area contributed by atoms with Crippen LogP contribution in [0.1, 0.15) is 48.1 Å². The van der Waals surface area contributed by atoms with E-state index in [1.54, 1.807) is 0 Å². The third kappa shape index (κ3) is 3.69. The Hall–Kier alpha value is -2.50. The molecule has 6 heteroatoms. The van der Waals surface area contributed by atoms with E-state index >= 15 is 0 Å². The van der Waals surface area contributed by atoms with Crippen molar-refractivity contribution in [2.45, 2.75) is 45.6 Å². The average molecular weight is 326 g/mol. The highest BCUT2D eigenvalue weighted by Crippen LogP contribution is 2.33. The summed E-state index contributed by atoms with van der Waals surface area (Å²) in [6.07, 6.45) is 2.63. The number of aryl methyl sites for hydroxylation is 3. The van der Waals surface area contributed by atoms with Crippen molar-refractivity contribution in [3.63, 3.8) is 0 Å². The number of carboxylic acids is 1. The van der Waals surface area contributed by atoms with Crippen LogP contribution in [-0.2, 0) is 11.2 Å². The van der Waals surface area contributed by atoms with E-state index in [0.717, 1.165) is 48.1 Å². The lowest BCUT2D eigenvalue weighted by Crippen LogP contribution is -2.26. The zero-order chi connectivity index (χ0) is 17.1. The average Bonchev–Trinajstić information content (AvgIpc) is 3.02. The summed E-state index contributed by atoms with van der Waals surface area (Å²) in [6, 6.07) is 7.98. The fourth-order valence-corrected chi connectivity index (χ4v) is 3.21. The lowest BCUT2D eigenvalue weighted by Gasteiger charge is -2.25. The molecule has 1 atom stereocenters. The van der Waals surface area contributed by atoms with E-state index in [2.05, 4.69) is 19.9 Å². The van der Waals surface area contributed by atoms with Gasteiger partial charge in [0, 0.05) is 30.0 Å². The van der Waals surface area contributed by atoms with Gasteiger partial charge in [-0.25, -0.2) is 9.97 Å². The minimum absolute atomic E-state index is 0.102. The highest BCUT2D eigenvalue weighted by Gasteiger charge is 2.29. The Labute approximate surface area is 141 Å². The molecule has 0 saturated carbocycles. The molecule has 1 N–H and O–H groups in total. The maximum Gasteiger partial charge on any atom is 0.303 e. The molecule has 6 nitrogen and oxygen atoms in total. The second-order valence-electron chi connectivity index (χ2n) is 6.25. The highest BCUT2D eigenvalue weighted by molar-refractivity contribution is 5.66. The Morgan fingerprint density at radius 1 is 1.25 bits per heavy atom. The lowest BCUT2D eigenvalue weighted by atomic mass is 10.1. The Kier molecular flexibility index (Phi) is 4.74. The van der Waals surface area contributed by atoms with Gasteiger partial charge in [-0.15, -0.1) is 0 Å². The summed E-state index contributed by atoms with van der Waals surface area (Å²) in [7, 11) is 0. The predicted molar refractivity (Wildman–Crippen MR) is 91.0 cm³/mol. The van der Waals surface area contributed by atoms with Gasteiger partial charge in [0.2, 0.25) is 5.95 Å². The number of pyridine rings is 1. The summed E-state index contributed by atoms with van der Waals surface area (Å²) in [5.74, 6) is -0.0407. The first-order valence-electron chi connectivity index (χ1n) is 8.29. The molecule has 0 aromatic carbocycles. The van der Waals surface area contributed by atoms with Gasteiger partial charge in [-0.3, -0.25) is 9.78 Å². The number of nitrogens with zero attached hydrogens (tertiary/aromatic N) is 4. The van der Waals surface area contributed by atoms with Crippen LogP contribution in [0.3, 0.4) is 0 Å². The number of aromatic nitrogens is 3. The quantitative estimate of drug-likeness (QED) is 0.910. The molecule has 1 aliphatic rings. The van der Waals surface area contributed by atoms with Crippen LogP contribution >= 0.6 is 0 Å². The van der Waals surface area contributed by atoms with Crippen molar-refractivity contribution in [2.24, 2.45) is 0 Å². The molecule has 3 heterocycles. The lowest BCUT2D eigenvalue weighted by molar-refractivity contribution is -0.136. The van der Waals surface area contributed by atoms with Gasteiger partial charge >= 0.3 is 5.97 Å². The number of anilines is 1. The van der Waals surface area contributed by atoms with Gasteiger partial charge in [-0.05, 0) is 44.9 Å². The maximum atomic E-state index is 10.8. The van der Waals surface area contributed by atoms with Crippen LogP contribution in [0.15, 0.2) is 24.3 Å². The van der Waals surface area contributed by atoms with Crippen molar-refractivity contribution in [3.05, 3.63) is 47.0 Å². The van der Waals surface area contributed by atoms with E-state index < -0.39 is 5.97 Å². The molecule has 126 valence electrons. The zero-order valence-corrected chi connectivity index (χ0v) is 14.1. The second-order valence-corrected chi connectivity index (χ2v) is 6.25. The van der Waals surface area contributed by atoms with Crippen molar-refractivity contribution in [3.8, 4) is 0 Å². The molecule has 0 amide bonds. The van der Waals surface area contributed by atoms with Crippen LogP contribution in [0, 0.1) is 13.8 Å². The van der Waals surface area contributed by atoms with Crippen LogP contribution in [0.4, 0.5) is 5.95 Å². The Balaban J connectivity index is 1.85. The number of aliphatic carboxylic acids is 1. The zero-order valence-electron chi connectivity index (χ0n) is 14.1. The van der Waals surface area contributed by atoms with E-state index in [0.29, 0.717) is 6.42 Å². The third-order valence-corrected chi connectivity index (χ3v) is 4.24. The van der Waals surface area contributed by atoms with Gasteiger partial charge in [0.05, 0.1) is 18.2 Å². The molecular weight excluding hydrogens is 304 g/mol. The largest absolute Gasteiger partial charge is 0.481 e. The summed E-state index contributed by atoms with van der Waals surface area (Å²) >= 11 is 0. The molecule has 0 radical (unpaired) electrons. The molecular formula is C18H22N4O2. The summed E-state index contributed by atoms with van der Waals surface area (Å²) < 4.78 is 0. The Morgan fingerprint density at radius 3 is 2.71 bits per heavy atom. The molecule has 0 unspecified atom stereocenters. The molecule has 1 fully saturated rings. The first-order chi connectivity index (χ1) is 11.5. The molecule has 1 aliphatic heterocycles. The van der Waals surface area contributed by atoms with E-state index in [-0.39, 0.29) is 12.5 Å². The number of hydrogen-bond acceptors (Lipinski definition) is 5. The van der Waals surface area contributed by atoms with Crippen LogP contribution < -0.4 is 4.90 Å². The molecule has 0 aliphatic carbocycles. The summed E-state index contributed by atoms with van der Waals surface area (Å²) in [6.45, 7) is 4.87. The van der Waals surface area contributed by atoms with Crippen LogP contribution in [-0.4, -0.2) is 32.6 Å². The molecule has 1 saturated heterocycles. The van der Waals surface area contributed by atoms with Gasteiger partial charge in [-0.1, -0.05) is 6.07 Å². The molecule has 0 bridgehead atoms. The predicted octanol–water partition coefficient (Wildman–Crippen LogP) is 2.85. The van der Waals surface area contributed by atoms with Crippen molar-refractivity contribution in [1.82, 2.24) is 15.0 Å². The SMILES string of the molecule is Cc1cc(C)nc(N2CCC[C@@H]2c2cccc(CCC(=O)O)n2)n1. The molecule has 24 heavy (non-hydrogen) atoms. The normalized spacial score (nSPS) is 17.2. The van der Waals surface area contributed by atoms with E-state index in [9.17, 15) is 4.79 Å². The molecule has 2 aromatic rings. The summed E-state index contributed by atoms with van der Waals surface area (Å²) in [5.41, 5.74) is 3.72. The fourth-order valence-electron chi connectivity index (χ4n) is 3.21. The topological polar surface area (TPSA) is 79.2 Å². The minimum atomic E-state index is -0.798. The van der Waals surface area contributed by atoms with Crippen LogP contribution in [0.5, 0.6) is 0 Å². The number of hydrogen-bond donors (Lipinski definition) is 1. The van der Waals surface area contributed by atoms with Crippen molar-refractivity contribution >= 4 is 11.9 Å². The molecule has 0 spiro atoms. The van der Waals surface area contributed by atoms with Crippen LogP contribution in [0.25, 0.3) is 0 Å². The van der Waals surface area contributed by atoms with Crippen LogP contribution in [0.2, 0.25) is 0 Å². The first kappa shape index (κ1) is 16.4. The van der Waals surface area contributed by atoms with Gasteiger partial charge in [0.25, 0.3) is 0 Å². The van der Waals surface area contributed by atoms with E-state index in [1.165, 1.54) is 0 Å². The number of carbonyl (C=O) groups is 1. The standard InChI is InChI=1S/C18H22N4O2/c1-12-11-13(2)20-18(19-12)22-10-4-7-16(22)15-6-3-5-14(21-15)8-9-17(23)24/h3,5-6,11,16H,4,7-10H2,1-2H3,(H,23,24)/t16-/m1/s1.